The number of phenolic OH excluding ortho intramolecular Hbond substituents is 2. The average molecular weight is 799 g/mol. The lowest BCUT2D eigenvalue weighted by Gasteiger charge is -2.10. The van der Waals surface area contributed by atoms with E-state index in [-0.39, 0.29) is 37.9 Å². The quantitative estimate of drug-likeness (QED) is 0.0160. The van der Waals surface area contributed by atoms with E-state index in [9.17, 15) is 14.4 Å². The number of halogens is 1. The van der Waals surface area contributed by atoms with E-state index in [1.165, 1.54) is 36.4 Å². The summed E-state index contributed by atoms with van der Waals surface area (Å²) in [5, 5.41) is 81.0. The molecule has 3 aromatic carbocycles. The van der Waals surface area contributed by atoms with Crippen molar-refractivity contribution in [3.05, 3.63) is 112 Å². The molecule has 55 heavy (non-hydrogen) atoms. The maximum atomic E-state index is 10.7. The molecule has 0 aliphatic carbocycles. The fraction of sp³-hybridized carbons (Fsp3) is 0.229. The Kier molecular flexibility index (Phi) is 25.5. The first-order valence-corrected chi connectivity index (χ1v) is 16.0. The summed E-state index contributed by atoms with van der Waals surface area (Å²) in [5.41, 5.74) is 5.60. The van der Waals surface area contributed by atoms with E-state index < -0.39 is 17.2 Å². The number of carboxylic acids is 2. The molecule has 0 atom stereocenters. The Morgan fingerprint density at radius 3 is 1.18 bits per heavy atom. The van der Waals surface area contributed by atoms with Gasteiger partial charge in [0, 0.05) is 12.2 Å². The Morgan fingerprint density at radius 2 is 0.836 bits per heavy atom. The molecular formula is C35H39ClO19. The van der Waals surface area contributed by atoms with Gasteiger partial charge in [-0.25, -0.2) is 50.2 Å². The van der Waals surface area contributed by atoms with E-state index >= 15 is 0 Å². The number of hydrogen-bond acceptors (Lipinski definition) is 17. The second-order valence-electron chi connectivity index (χ2n) is 10.4. The smallest absolute Gasteiger partial charge is 0.328 e. The minimum Gasteiger partial charge on any atom is -0.504 e. The van der Waals surface area contributed by atoms with Crippen molar-refractivity contribution >= 4 is 47.0 Å². The van der Waals surface area contributed by atoms with E-state index in [0.717, 1.165) is 40.0 Å². The minimum atomic E-state index is -1.06. The molecule has 0 unspecified atom stereocenters. The molecule has 0 saturated carbocycles. The number of phenols is 2. The SMILES string of the molecule is O=C(Cl)/C=C/c1ccc(CCOOO)c(CCOOO)c1.O=C(O)/C=C/c1ccc(CCOOO)c(CCOOO)c1.O=C(O)/C=C/c1ccc(O)c(O)c1. The molecule has 0 aliphatic heterocycles. The van der Waals surface area contributed by atoms with E-state index in [4.69, 9.17) is 53.1 Å². The Bertz CT molecular complexity index is 1600. The summed E-state index contributed by atoms with van der Waals surface area (Å²) < 4.78 is 0. The van der Waals surface area contributed by atoms with E-state index in [1.807, 2.05) is 12.1 Å². The third kappa shape index (κ3) is 22.7. The number of allylic oxidation sites excluding steroid dienone is 1. The lowest BCUT2D eigenvalue weighted by atomic mass is 9.99. The Balaban J connectivity index is 0.000000425. The maximum absolute atomic E-state index is 10.7. The van der Waals surface area contributed by atoms with Crippen LogP contribution in [0.4, 0.5) is 0 Å². The van der Waals surface area contributed by atoms with E-state index in [0.29, 0.717) is 36.8 Å². The maximum Gasteiger partial charge on any atom is 0.328 e. The number of carboxylic acid groups (broad SMARTS) is 2. The van der Waals surface area contributed by atoms with Gasteiger partial charge in [-0.05, 0) is 107 Å². The molecule has 3 aromatic rings. The van der Waals surface area contributed by atoms with E-state index in [2.05, 4.69) is 39.7 Å². The second-order valence-corrected chi connectivity index (χ2v) is 10.7. The molecule has 19 nitrogen and oxygen atoms in total. The number of hydrogen-bond donors (Lipinski definition) is 8. The third-order valence-corrected chi connectivity index (χ3v) is 6.86. The van der Waals surface area contributed by atoms with Crippen LogP contribution in [-0.4, -0.2) is 85.1 Å². The van der Waals surface area contributed by atoms with Crippen molar-refractivity contribution in [2.24, 2.45) is 0 Å². The van der Waals surface area contributed by atoms with Gasteiger partial charge in [-0.3, -0.25) is 4.79 Å². The van der Waals surface area contributed by atoms with Crippen LogP contribution in [0.2, 0.25) is 0 Å². The zero-order valence-electron chi connectivity index (χ0n) is 28.8. The highest BCUT2D eigenvalue weighted by Gasteiger charge is 2.07. The zero-order chi connectivity index (χ0) is 40.8. The summed E-state index contributed by atoms with van der Waals surface area (Å²) in [6.45, 7) is 0.566. The normalized spacial score (nSPS) is 11.0. The summed E-state index contributed by atoms with van der Waals surface area (Å²) >= 11 is 5.24. The first kappa shape index (κ1) is 47.9. The lowest BCUT2D eigenvalue weighted by molar-refractivity contribution is -0.490. The van der Waals surface area contributed by atoms with Gasteiger partial charge < -0.3 is 20.4 Å². The van der Waals surface area contributed by atoms with Gasteiger partial charge in [-0.1, -0.05) is 68.7 Å². The van der Waals surface area contributed by atoms with Crippen molar-refractivity contribution in [3.8, 4) is 11.5 Å². The standard InChI is InChI=1S/C13H15ClO7.C13H16O8.C9H8O4/c2*14-13(15)4-2-10-1-3-11(5-7-18-20-16)12(9-10)6-8-19-21-17;10-7-3-1-6(5-8(7)11)2-4-9(12)13/h1-4,9,16-17H,5-8H2;1-4,9,16-17H,5-8H2,(H,14,15);1-5,10-11H,(H,12,13)/b3*4-2+. The number of carbonyl (C=O) groups is 3. The zero-order valence-corrected chi connectivity index (χ0v) is 29.5. The molecule has 0 aliphatic rings. The molecule has 300 valence electrons. The average Bonchev–Trinajstić information content (AvgIpc) is 3.15. The molecule has 0 heterocycles. The number of aromatic hydroxyl groups is 2. The topological polar surface area (TPSA) is 287 Å². The van der Waals surface area contributed by atoms with Gasteiger partial charge in [0.1, 0.15) is 0 Å². The highest BCUT2D eigenvalue weighted by Crippen LogP contribution is 2.25. The van der Waals surface area contributed by atoms with Crippen LogP contribution in [0, 0.1) is 0 Å². The van der Waals surface area contributed by atoms with Crippen molar-refractivity contribution in [2.45, 2.75) is 25.7 Å². The van der Waals surface area contributed by atoms with Crippen LogP contribution in [-0.2, 0) is 79.8 Å². The minimum absolute atomic E-state index is 0.118. The van der Waals surface area contributed by atoms with Crippen LogP contribution in [0.5, 0.6) is 11.5 Å². The molecule has 8 N–H and O–H groups in total. The number of rotatable bonds is 22. The summed E-state index contributed by atoms with van der Waals surface area (Å²) in [6, 6.07) is 14.9. The predicted molar refractivity (Wildman–Crippen MR) is 189 cm³/mol. The van der Waals surface area contributed by atoms with Gasteiger partial charge >= 0.3 is 11.9 Å². The van der Waals surface area contributed by atoms with Crippen LogP contribution in [0.3, 0.4) is 0 Å². The van der Waals surface area contributed by atoms with Crippen LogP contribution in [0.15, 0.2) is 72.8 Å². The van der Waals surface area contributed by atoms with Crippen molar-refractivity contribution < 1.29 is 95.5 Å². The number of benzene rings is 3. The summed E-state index contributed by atoms with van der Waals surface area (Å²) in [6.07, 6.45) is 9.47. The van der Waals surface area contributed by atoms with E-state index in [1.54, 1.807) is 30.3 Å². The highest BCUT2D eigenvalue weighted by atomic mass is 35.5. The number of aliphatic carboxylic acids is 2. The lowest BCUT2D eigenvalue weighted by Crippen LogP contribution is -2.05. The summed E-state index contributed by atoms with van der Waals surface area (Å²) in [7, 11) is 0. The van der Waals surface area contributed by atoms with Crippen molar-refractivity contribution in [1.29, 1.82) is 0 Å². The molecule has 3 rings (SSSR count). The van der Waals surface area contributed by atoms with Crippen molar-refractivity contribution in [2.75, 3.05) is 26.4 Å². The fourth-order valence-electron chi connectivity index (χ4n) is 4.35. The van der Waals surface area contributed by atoms with Gasteiger partial charge in [0.25, 0.3) is 0 Å². The molecule has 0 radical (unpaired) electrons. The van der Waals surface area contributed by atoms with Gasteiger partial charge in [0.15, 0.2) is 11.5 Å². The van der Waals surface area contributed by atoms with Crippen LogP contribution in [0.1, 0.15) is 38.9 Å². The molecule has 0 saturated heterocycles. The molecule has 0 amide bonds. The van der Waals surface area contributed by atoms with Crippen molar-refractivity contribution in [3.63, 3.8) is 0 Å². The Morgan fingerprint density at radius 1 is 0.491 bits per heavy atom. The number of carbonyl (C=O) groups excluding carboxylic acids is 1. The first-order chi connectivity index (χ1) is 26.4. The van der Waals surface area contributed by atoms with Crippen LogP contribution >= 0.6 is 11.6 Å². The first-order valence-electron chi connectivity index (χ1n) is 15.6. The molecule has 20 heteroatoms. The Labute approximate surface area is 317 Å². The molecule has 0 aromatic heterocycles. The third-order valence-electron chi connectivity index (χ3n) is 6.73. The van der Waals surface area contributed by atoms with Gasteiger partial charge in [-0.15, -0.1) is 0 Å². The monoisotopic (exact) mass is 798 g/mol. The largest absolute Gasteiger partial charge is 0.504 e. The summed E-state index contributed by atoms with van der Waals surface area (Å²) in [4.78, 5) is 49.0. The molecular weight excluding hydrogens is 760 g/mol. The molecule has 0 fully saturated rings. The van der Waals surface area contributed by atoms with Gasteiger partial charge in [0.2, 0.25) is 5.24 Å². The second kappa shape index (κ2) is 29.3. The fourth-order valence-corrected chi connectivity index (χ4v) is 4.41. The molecule has 0 spiro atoms. The van der Waals surface area contributed by atoms with Gasteiger partial charge in [0.05, 0.1) is 26.4 Å². The van der Waals surface area contributed by atoms with Gasteiger partial charge in [-0.2, -0.15) is 0 Å². The summed E-state index contributed by atoms with van der Waals surface area (Å²) in [5.74, 6) is -2.60. The highest BCUT2D eigenvalue weighted by molar-refractivity contribution is 6.66. The van der Waals surface area contributed by atoms with Crippen LogP contribution in [0.25, 0.3) is 18.2 Å². The van der Waals surface area contributed by atoms with Crippen molar-refractivity contribution in [1.82, 2.24) is 0 Å². The van der Waals surface area contributed by atoms with Crippen LogP contribution < -0.4 is 0 Å². The molecule has 0 bridgehead atoms. The predicted octanol–water partition coefficient (Wildman–Crippen LogP) is 5.30. The Hall–Kier alpha value is -5.10.